The maximum Gasteiger partial charge on any atom is 0.281 e. The Labute approximate surface area is 203 Å². The summed E-state index contributed by atoms with van der Waals surface area (Å²) in [5.74, 6) is 0.878. The van der Waals surface area contributed by atoms with E-state index < -0.39 is 0 Å². The molecule has 4 N–H and O–H groups in total. The number of benzene rings is 1. The van der Waals surface area contributed by atoms with Gasteiger partial charge in [-0.25, -0.2) is 14.6 Å². The first kappa shape index (κ1) is 21.6. The number of piperidine rings is 1. The topological polar surface area (TPSA) is 143 Å². The van der Waals surface area contributed by atoms with Gasteiger partial charge in [0.2, 0.25) is 0 Å². The van der Waals surface area contributed by atoms with Crippen LogP contribution in [0.25, 0.3) is 0 Å². The molecule has 1 aromatic carbocycles. The molecule has 1 amide bonds. The first-order chi connectivity index (χ1) is 17.0. The molecular weight excluding hydrogens is 442 g/mol. The number of aromatic nitrogens is 4. The third kappa shape index (κ3) is 3.34. The van der Waals surface area contributed by atoms with Gasteiger partial charge in [0.15, 0.2) is 17.3 Å². The summed E-state index contributed by atoms with van der Waals surface area (Å²) in [6, 6.07) is 10.6. The molecule has 2 aromatic heterocycles. The highest BCUT2D eigenvalue weighted by atomic mass is 16.2. The first-order valence-corrected chi connectivity index (χ1v) is 12.0. The molecule has 0 radical (unpaired) electrons. The Kier molecular flexibility index (Phi) is 4.96. The van der Waals surface area contributed by atoms with Crippen molar-refractivity contribution in [3.05, 3.63) is 59.0 Å². The number of nitrogens with two attached hydrogens (primary N) is 2. The smallest absolute Gasteiger partial charge is 0.281 e. The third-order valence-electron chi connectivity index (χ3n) is 7.85. The highest BCUT2D eigenvalue weighted by molar-refractivity contribution is 6.07. The lowest BCUT2D eigenvalue weighted by molar-refractivity contribution is 0.0977. The largest absolute Gasteiger partial charge is 0.382 e. The molecule has 1 saturated heterocycles. The van der Waals surface area contributed by atoms with Gasteiger partial charge in [-0.05, 0) is 42.2 Å². The predicted molar refractivity (Wildman–Crippen MR) is 131 cm³/mol. The van der Waals surface area contributed by atoms with E-state index >= 15 is 0 Å². The Balaban J connectivity index is 1.19. The van der Waals surface area contributed by atoms with Crippen LogP contribution in [0.2, 0.25) is 0 Å². The second kappa shape index (κ2) is 8.06. The molecule has 0 bridgehead atoms. The van der Waals surface area contributed by atoms with Crippen molar-refractivity contribution in [1.29, 1.82) is 5.26 Å². The maximum absolute atomic E-state index is 13.3. The Morgan fingerprint density at radius 3 is 2.69 bits per heavy atom. The second-order valence-corrected chi connectivity index (χ2v) is 9.69. The van der Waals surface area contributed by atoms with Crippen LogP contribution >= 0.6 is 0 Å². The minimum absolute atomic E-state index is 0.0493. The summed E-state index contributed by atoms with van der Waals surface area (Å²) >= 11 is 0. The van der Waals surface area contributed by atoms with E-state index in [2.05, 4.69) is 50.3 Å². The number of hydrogen-bond donors (Lipinski definition) is 2. The monoisotopic (exact) mass is 469 g/mol. The fourth-order valence-electron chi connectivity index (χ4n) is 5.91. The second-order valence-electron chi connectivity index (χ2n) is 9.69. The van der Waals surface area contributed by atoms with E-state index in [0.717, 1.165) is 38.8 Å². The van der Waals surface area contributed by atoms with Crippen LogP contribution in [0.5, 0.6) is 0 Å². The summed E-state index contributed by atoms with van der Waals surface area (Å²) in [5.41, 5.74) is 16.1. The number of nitrogen functional groups attached to an aromatic ring is 1. The number of fused-ring (bicyclic) bond motifs is 2. The molecule has 0 saturated carbocycles. The summed E-state index contributed by atoms with van der Waals surface area (Å²) in [6.07, 6.45) is 6.77. The van der Waals surface area contributed by atoms with Crippen molar-refractivity contribution in [2.24, 2.45) is 11.1 Å². The summed E-state index contributed by atoms with van der Waals surface area (Å²) in [7, 11) is 0. The molecule has 3 aromatic rings. The zero-order valence-corrected chi connectivity index (χ0v) is 19.4. The average molecular weight is 470 g/mol. The molecule has 1 unspecified atom stereocenters. The minimum Gasteiger partial charge on any atom is -0.382 e. The van der Waals surface area contributed by atoms with Crippen LogP contribution in [0.4, 0.5) is 17.5 Å². The molecular formula is C25H27N9O. The zero-order valence-electron chi connectivity index (χ0n) is 19.4. The SMILES string of the molecule is N#Cc1cnn2c1N(C(=O)c1ncc(N3CCC4(CC3)Cc3ccccc3C4N)nc1N)CCC2. The minimum atomic E-state index is -0.369. The van der Waals surface area contributed by atoms with Crippen molar-refractivity contribution in [1.82, 2.24) is 19.7 Å². The van der Waals surface area contributed by atoms with E-state index in [1.807, 2.05) is 0 Å². The van der Waals surface area contributed by atoms with E-state index in [1.165, 1.54) is 22.2 Å². The Hall–Kier alpha value is -3.97. The predicted octanol–water partition coefficient (Wildman–Crippen LogP) is 2.02. The van der Waals surface area contributed by atoms with Gasteiger partial charge in [-0.3, -0.25) is 9.69 Å². The molecule has 4 heterocycles. The average Bonchev–Trinajstić information content (AvgIpc) is 3.43. The number of carbonyl (C=O) groups excluding carboxylic acids is 1. The molecule has 1 fully saturated rings. The zero-order chi connectivity index (χ0) is 24.2. The van der Waals surface area contributed by atoms with Crippen LogP contribution in [0.1, 0.15) is 52.5 Å². The van der Waals surface area contributed by atoms with Crippen LogP contribution in [-0.2, 0) is 13.0 Å². The number of amides is 1. The summed E-state index contributed by atoms with van der Waals surface area (Å²) < 4.78 is 1.67. The molecule has 3 aliphatic rings. The van der Waals surface area contributed by atoms with E-state index in [0.29, 0.717) is 30.3 Å². The quantitative estimate of drug-likeness (QED) is 0.580. The van der Waals surface area contributed by atoms with Crippen molar-refractivity contribution < 1.29 is 4.79 Å². The molecule has 178 valence electrons. The van der Waals surface area contributed by atoms with Crippen molar-refractivity contribution in [3.63, 3.8) is 0 Å². The van der Waals surface area contributed by atoms with Gasteiger partial charge < -0.3 is 16.4 Å². The van der Waals surface area contributed by atoms with Crippen molar-refractivity contribution >= 4 is 23.4 Å². The lowest BCUT2D eigenvalue weighted by atomic mass is 9.73. The standard InChI is InChI=1S/C25H27N9O/c26-13-17-14-30-34-9-3-8-33(23(17)34)24(35)20-22(28)31-19(15-29-20)32-10-6-25(7-11-32)12-16-4-1-2-5-18(16)21(25)27/h1-2,4-5,14-15,21H,3,6-12,27H2,(H2,28,31). The van der Waals surface area contributed by atoms with E-state index in [9.17, 15) is 10.1 Å². The van der Waals surface area contributed by atoms with Crippen LogP contribution in [0.3, 0.4) is 0 Å². The van der Waals surface area contributed by atoms with Gasteiger partial charge in [0.25, 0.3) is 5.91 Å². The molecule has 1 spiro atoms. The van der Waals surface area contributed by atoms with Crippen LogP contribution < -0.4 is 21.3 Å². The van der Waals surface area contributed by atoms with Crippen LogP contribution in [0.15, 0.2) is 36.7 Å². The number of rotatable bonds is 2. The Bertz CT molecular complexity index is 1350. The van der Waals surface area contributed by atoms with Crippen molar-refractivity contribution in [3.8, 4) is 6.07 Å². The van der Waals surface area contributed by atoms with Gasteiger partial charge in [0.05, 0.1) is 12.4 Å². The summed E-state index contributed by atoms with van der Waals surface area (Å²) in [4.78, 5) is 26.0. The number of nitriles is 1. The number of anilines is 3. The Morgan fingerprint density at radius 2 is 1.94 bits per heavy atom. The van der Waals surface area contributed by atoms with E-state index in [4.69, 9.17) is 11.5 Å². The van der Waals surface area contributed by atoms with E-state index in [-0.39, 0.29) is 28.9 Å². The van der Waals surface area contributed by atoms with Gasteiger partial charge in [0.1, 0.15) is 17.5 Å². The summed E-state index contributed by atoms with van der Waals surface area (Å²) in [5, 5.41) is 13.6. The molecule has 35 heavy (non-hydrogen) atoms. The number of carbonyl (C=O) groups is 1. The summed E-state index contributed by atoms with van der Waals surface area (Å²) in [6.45, 7) is 2.74. The van der Waals surface area contributed by atoms with Crippen LogP contribution in [0, 0.1) is 16.7 Å². The first-order valence-electron chi connectivity index (χ1n) is 12.0. The van der Waals surface area contributed by atoms with Gasteiger partial charge >= 0.3 is 0 Å². The van der Waals surface area contributed by atoms with Gasteiger partial charge in [-0.1, -0.05) is 24.3 Å². The number of hydrogen-bond acceptors (Lipinski definition) is 8. The van der Waals surface area contributed by atoms with Gasteiger partial charge in [-0.2, -0.15) is 10.4 Å². The molecule has 10 heteroatoms. The molecule has 1 atom stereocenters. The van der Waals surface area contributed by atoms with E-state index in [1.54, 1.807) is 10.9 Å². The van der Waals surface area contributed by atoms with Crippen LogP contribution in [-0.4, -0.2) is 45.3 Å². The highest BCUT2D eigenvalue weighted by Gasteiger charge is 2.46. The third-order valence-corrected chi connectivity index (χ3v) is 7.85. The normalized spacial score (nSPS) is 20.4. The molecule has 10 nitrogen and oxygen atoms in total. The molecule has 6 rings (SSSR count). The fraction of sp³-hybridized carbons (Fsp3) is 0.400. The lowest BCUT2D eigenvalue weighted by Gasteiger charge is -2.42. The van der Waals surface area contributed by atoms with Gasteiger partial charge in [-0.15, -0.1) is 0 Å². The molecule has 1 aliphatic carbocycles. The number of aryl methyl sites for hydroxylation is 1. The lowest BCUT2D eigenvalue weighted by Crippen LogP contribution is -2.44. The van der Waals surface area contributed by atoms with Crippen molar-refractivity contribution in [2.45, 2.75) is 38.3 Å². The Morgan fingerprint density at radius 1 is 1.14 bits per heavy atom. The number of nitrogens with zero attached hydrogens (tertiary/aromatic N) is 7. The highest BCUT2D eigenvalue weighted by Crippen LogP contribution is 2.50. The fourth-order valence-corrected chi connectivity index (χ4v) is 5.91. The molecule has 2 aliphatic heterocycles. The maximum atomic E-state index is 13.3. The van der Waals surface area contributed by atoms with Crippen molar-refractivity contribution in [2.75, 3.05) is 35.2 Å². The van der Waals surface area contributed by atoms with Gasteiger partial charge in [0, 0.05) is 32.2 Å².